The first-order chi connectivity index (χ1) is 8.83. The third-order valence-electron chi connectivity index (χ3n) is 2.55. The van der Waals surface area contributed by atoms with Crippen molar-refractivity contribution in [1.82, 2.24) is 0 Å². The molecular weight excluding hydrogens is 280 g/mol. The van der Waals surface area contributed by atoms with Crippen LogP contribution in [0.5, 0.6) is 5.75 Å². The van der Waals surface area contributed by atoms with Crippen molar-refractivity contribution in [3.05, 3.63) is 32.4 Å². The molecule has 0 saturated carbocycles. The van der Waals surface area contributed by atoms with E-state index in [0.717, 1.165) is 6.07 Å². The number of fused-ring (bicyclic) bond motifs is 1. The van der Waals surface area contributed by atoms with Gasteiger partial charge in [0.25, 0.3) is 11.4 Å². The fourth-order valence-electron chi connectivity index (χ4n) is 1.77. The standard InChI is InChI=1S/C9H8N2O7S/c12-10(13)6-4-7(11(14)15)9-8(5-6)18-2-1-3-19(9,16)17/h4-5H,1-3H2. The van der Waals surface area contributed by atoms with Crippen LogP contribution in [0, 0.1) is 20.2 Å². The van der Waals surface area contributed by atoms with Crippen molar-refractivity contribution in [1.29, 1.82) is 0 Å². The normalized spacial score (nSPS) is 16.8. The Bertz CT molecular complexity index is 667. The van der Waals surface area contributed by atoms with Gasteiger partial charge >= 0.3 is 0 Å². The second-order valence-corrected chi connectivity index (χ2v) is 5.87. The third kappa shape index (κ3) is 2.34. The minimum absolute atomic E-state index is 0.0323. The summed E-state index contributed by atoms with van der Waals surface area (Å²) in [6.07, 6.45) is 0.169. The molecule has 9 nitrogen and oxygen atoms in total. The zero-order chi connectivity index (χ0) is 14.2. The summed E-state index contributed by atoms with van der Waals surface area (Å²) in [5, 5.41) is 21.6. The lowest BCUT2D eigenvalue weighted by atomic mass is 10.2. The lowest BCUT2D eigenvalue weighted by Crippen LogP contribution is -2.08. The van der Waals surface area contributed by atoms with Crippen LogP contribution in [-0.4, -0.2) is 30.6 Å². The highest BCUT2D eigenvalue weighted by Gasteiger charge is 2.35. The van der Waals surface area contributed by atoms with Crippen LogP contribution >= 0.6 is 0 Å². The van der Waals surface area contributed by atoms with Gasteiger partial charge in [-0.15, -0.1) is 0 Å². The van der Waals surface area contributed by atoms with Crippen LogP contribution in [0.2, 0.25) is 0 Å². The average molecular weight is 288 g/mol. The number of nitro benzene ring substituents is 2. The zero-order valence-corrected chi connectivity index (χ0v) is 10.3. The van der Waals surface area contributed by atoms with Gasteiger partial charge in [-0.3, -0.25) is 20.2 Å². The Morgan fingerprint density at radius 1 is 1.16 bits per heavy atom. The number of benzene rings is 1. The Kier molecular flexibility index (Phi) is 3.10. The molecular formula is C9H8N2O7S. The molecule has 0 aromatic heterocycles. The maximum absolute atomic E-state index is 11.9. The highest BCUT2D eigenvalue weighted by molar-refractivity contribution is 7.91. The summed E-state index contributed by atoms with van der Waals surface area (Å²) in [6, 6.07) is 1.52. The minimum Gasteiger partial charge on any atom is -0.492 e. The van der Waals surface area contributed by atoms with Crippen LogP contribution in [0.1, 0.15) is 6.42 Å². The van der Waals surface area contributed by atoms with Gasteiger partial charge in [0, 0.05) is 0 Å². The van der Waals surface area contributed by atoms with Crippen LogP contribution in [-0.2, 0) is 9.84 Å². The van der Waals surface area contributed by atoms with E-state index in [0.29, 0.717) is 6.07 Å². The molecule has 0 bridgehead atoms. The topological polar surface area (TPSA) is 130 Å². The second-order valence-electron chi connectivity index (χ2n) is 3.83. The summed E-state index contributed by atoms with van der Waals surface area (Å²) in [4.78, 5) is 19.2. The van der Waals surface area contributed by atoms with Gasteiger partial charge < -0.3 is 4.74 Å². The molecule has 0 saturated heterocycles. The van der Waals surface area contributed by atoms with Gasteiger partial charge in [-0.25, -0.2) is 8.42 Å². The van der Waals surface area contributed by atoms with E-state index in [1.54, 1.807) is 0 Å². The largest absolute Gasteiger partial charge is 0.492 e. The van der Waals surface area contributed by atoms with Gasteiger partial charge in [-0.2, -0.15) is 0 Å². The summed E-state index contributed by atoms with van der Waals surface area (Å²) < 4.78 is 29.0. The SMILES string of the molecule is O=[N+]([O-])c1cc2c(c([N+](=O)[O-])c1)S(=O)(=O)CCCO2. The predicted molar refractivity (Wildman–Crippen MR) is 61.9 cm³/mol. The van der Waals surface area contributed by atoms with E-state index in [-0.39, 0.29) is 24.5 Å². The number of non-ortho nitro benzene ring substituents is 1. The first-order valence-corrected chi connectivity index (χ1v) is 6.80. The van der Waals surface area contributed by atoms with Crippen LogP contribution in [0.25, 0.3) is 0 Å². The van der Waals surface area contributed by atoms with Gasteiger partial charge in [0.2, 0.25) is 0 Å². The van der Waals surface area contributed by atoms with E-state index in [1.807, 2.05) is 0 Å². The molecule has 19 heavy (non-hydrogen) atoms. The number of hydrogen-bond acceptors (Lipinski definition) is 7. The van der Waals surface area contributed by atoms with Crippen LogP contribution < -0.4 is 4.74 Å². The van der Waals surface area contributed by atoms with Gasteiger partial charge in [0.15, 0.2) is 20.5 Å². The first-order valence-electron chi connectivity index (χ1n) is 5.15. The summed E-state index contributed by atoms with van der Waals surface area (Å²) in [5.74, 6) is -0.628. The molecule has 2 rings (SSSR count). The van der Waals surface area contributed by atoms with E-state index < -0.39 is 36.0 Å². The second kappa shape index (κ2) is 4.46. The van der Waals surface area contributed by atoms with Crippen molar-refractivity contribution in [2.24, 2.45) is 0 Å². The van der Waals surface area contributed by atoms with Crippen molar-refractivity contribution in [3.8, 4) is 5.75 Å². The summed E-state index contributed by atoms with van der Waals surface area (Å²) in [6.45, 7) is 0.0323. The van der Waals surface area contributed by atoms with Gasteiger partial charge in [-0.05, 0) is 6.42 Å². The van der Waals surface area contributed by atoms with E-state index in [1.165, 1.54) is 0 Å². The molecule has 0 atom stereocenters. The fourth-order valence-corrected chi connectivity index (χ4v) is 3.35. The van der Waals surface area contributed by atoms with Gasteiger partial charge in [0.1, 0.15) is 0 Å². The Morgan fingerprint density at radius 3 is 2.42 bits per heavy atom. The molecule has 0 fully saturated rings. The fraction of sp³-hybridized carbons (Fsp3) is 0.333. The van der Waals surface area contributed by atoms with E-state index in [4.69, 9.17) is 4.74 Å². The van der Waals surface area contributed by atoms with Crippen molar-refractivity contribution < 1.29 is 23.0 Å². The third-order valence-corrected chi connectivity index (χ3v) is 4.41. The first kappa shape index (κ1) is 13.2. The van der Waals surface area contributed by atoms with E-state index in [9.17, 15) is 28.6 Å². The molecule has 1 aliphatic heterocycles. The molecule has 1 aliphatic rings. The molecule has 1 aromatic carbocycles. The Morgan fingerprint density at radius 2 is 1.84 bits per heavy atom. The van der Waals surface area contributed by atoms with Crippen LogP contribution in [0.3, 0.4) is 0 Å². The predicted octanol–water partition coefficient (Wildman–Crippen LogP) is 1.06. The highest BCUT2D eigenvalue weighted by Crippen LogP contribution is 2.39. The number of nitrogens with zero attached hydrogens (tertiary/aromatic N) is 2. The Balaban J connectivity index is 2.82. The number of rotatable bonds is 2. The number of ether oxygens (including phenoxy) is 1. The molecule has 0 aliphatic carbocycles. The van der Waals surface area contributed by atoms with Crippen LogP contribution in [0.4, 0.5) is 11.4 Å². The van der Waals surface area contributed by atoms with E-state index >= 15 is 0 Å². The maximum Gasteiger partial charge on any atom is 0.298 e. The Hall–Kier alpha value is -2.23. The monoisotopic (exact) mass is 288 g/mol. The van der Waals surface area contributed by atoms with Crippen molar-refractivity contribution in [2.75, 3.05) is 12.4 Å². The quantitative estimate of drug-likeness (QED) is 0.587. The van der Waals surface area contributed by atoms with Crippen molar-refractivity contribution in [3.63, 3.8) is 0 Å². The van der Waals surface area contributed by atoms with Crippen LogP contribution in [0.15, 0.2) is 17.0 Å². The van der Waals surface area contributed by atoms with Gasteiger partial charge in [0.05, 0.1) is 34.3 Å². The van der Waals surface area contributed by atoms with Gasteiger partial charge in [-0.1, -0.05) is 0 Å². The smallest absolute Gasteiger partial charge is 0.298 e. The van der Waals surface area contributed by atoms with E-state index in [2.05, 4.69) is 0 Å². The summed E-state index contributed by atoms with van der Waals surface area (Å²) in [5.41, 5.74) is -1.41. The van der Waals surface area contributed by atoms with Crippen molar-refractivity contribution in [2.45, 2.75) is 11.3 Å². The molecule has 0 spiro atoms. The summed E-state index contributed by atoms with van der Waals surface area (Å²) >= 11 is 0. The molecule has 10 heteroatoms. The number of nitro groups is 2. The molecule has 0 unspecified atom stereocenters. The number of sulfone groups is 1. The molecule has 1 aromatic rings. The lowest BCUT2D eigenvalue weighted by molar-refractivity contribution is -0.396. The maximum atomic E-state index is 11.9. The Labute approximate surface area is 107 Å². The molecule has 102 valence electrons. The number of hydrogen-bond donors (Lipinski definition) is 0. The molecule has 0 N–H and O–H groups in total. The van der Waals surface area contributed by atoms with Crippen molar-refractivity contribution >= 4 is 21.2 Å². The summed E-state index contributed by atoms with van der Waals surface area (Å²) in [7, 11) is -3.89. The lowest BCUT2D eigenvalue weighted by Gasteiger charge is -2.06. The average Bonchev–Trinajstić information content (AvgIpc) is 2.47. The molecule has 0 amide bonds. The molecule has 1 heterocycles. The highest BCUT2D eigenvalue weighted by atomic mass is 32.2. The zero-order valence-electron chi connectivity index (χ0n) is 9.44. The minimum atomic E-state index is -3.89. The molecule has 0 radical (unpaired) electrons.